The summed E-state index contributed by atoms with van der Waals surface area (Å²) in [5.41, 5.74) is -0.308. The molecule has 2 aliphatic rings. The summed E-state index contributed by atoms with van der Waals surface area (Å²) in [6.07, 6.45) is 8.89. The first kappa shape index (κ1) is 14.8. The maximum atomic E-state index is 9.35. The highest BCUT2D eigenvalue weighted by atomic mass is 15.1. The van der Waals surface area contributed by atoms with Crippen LogP contribution in [0.15, 0.2) is 0 Å². The fourth-order valence-electron chi connectivity index (χ4n) is 2.91. The van der Waals surface area contributed by atoms with Crippen LogP contribution in [0.2, 0.25) is 0 Å². The van der Waals surface area contributed by atoms with E-state index in [9.17, 15) is 5.26 Å². The van der Waals surface area contributed by atoms with Crippen molar-refractivity contribution in [1.29, 1.82) is 5.26 Å². The Morgan fingerprint density at radius 2 is 2.05 bits per heavy atom. The van der Waals surface area contributed by atoms with Crippen LogP contribution in [0.5, 0.6) is 0 Å². The maximum Gasteiger partial charge on any atom is 0.104 e. The van der Waals surface area contributed by atoms with E-state index in [0.717, 1.165) is 31.8 Å². The van der Waals surface area contributed by atoms with Crippen molar-refractivity contribution < 1.29 is 0 Å². The van der Waals surface area contributed by atoms with Crippen LogP contribution in [-0.2, 0) is 0 Å². The first-order chi connectivity index (χ1) is 9.15. The van der Waals surface area contributed by atoms with Gasteiger partial charge in [0.05, 0.1) is 6.07 Å². The van der Waals surface area contributed by atoms with Crippen molar-refractivity contribution in [3.63, 3.8) is 0 Å². The van der Waals surface area contributed by atoms with Crippen LogP contribution in [-0.4, -0.2) is 36.1 Å². The lowest BCUT2D eigenvalue weighted by atomic mass is 9.85. The molecule has 0 aromatic carbocycles. The second-order valence-electron chi connectivity index (χ2n) is 6.66. The molecule has 19 heavy (non-hydrogen) atoms. The number of hydrogen-bond acceptors (Lipinski definition) is 3. The minimum absolute atomic E-state index is 0.308. The molecule has 0 heterocycles. The standard InChI is InChI=1S/C16H29N3/c1-3-19(12-14-6-4-7-14)11-5-10-16(2,13-17)18-15-8-9-15/h14-15,18H,3-12H2,1-2H3. The van der Waals surface area contributed by atoms with Gasteiger partial charge in [0.1, 0.15) is 5.54 Å². The van der Waals surface area contributed by atoms with Crippen molar-refractivity contribution in [2.45, 2.75) is 70.4 Å². The molecule has 1 N–H and O–H groups in total. The monoisotopic (exact) mass is 263 g/mol. The minimum Gasteiger partial charge on any atom is -0.303 e. The highest BCUT2D eigenvalue weighted by molar-refractivity contribution is 5.07. The second kappa shape index (κ2) is 6.72. The summed E-state index contributed by atoms with van der Waals surface area (Å²) >= 11 is 0. The van der Waals surface area contributed by atoms with Crippen LogP contribution >= 0.6 is 0 Å². The Balaban J connectivity index is 1.66. The number of nitriles is 1. The van der Waals surface area contributed by atoms with E-state index in [2.05, 4.69) is 30.1 Å². The molecule has 1 unspecified atom stereocenters. The molecule has 2 aliphatic carbocycles. The van der Waals surface area contributed by atoms with E-state index in [1.54, 1.807) is 0 Å². The van der Waals surface area contributed by atoms with Gasteiger partial charge in [-0.25, -0.2) is 0 Å². The molecule has 0 saturated heterocycles. The molecule has 0 aromatic heterocycles. The van der Waals surface area contributed by atoms with Gasteiger partial charge in [0.25, 0.3) is 0 Å². The van der Waals surface area contributed by atoms with Gasteiger partial charge in [-0.3, -0.25) is 5.32 Å². The fraction of sp³-hybridized carbons (Fsp3) is 0.938. The number of hydrogen-bond donors (Lipinski definition) is 1. The zero-order chi connectivity index (χ0) is 13.7. The molecule has 0 spiro atoms. The summed E-state index contributed by atoms with van der Waals surface area (Å²) in [6, 6.07) is 3.09. The maximum absolute atomic E-state index is 9.35. The van der Waals surface area contributed by atoms with Gasteiger partial charge in [-0.2, -0.15) is 5.26 Å². The van der Waals surface area contributed by atoms with Gasteiger partial charge >= 0.3 is 0 Å². The summed E-state index contributed by atoms with van der Waals surface area (Å²) in [4.78, 5) is 2.57. The molecule has 0 aliphatic heterocycles. The normalized spacial score (nSPS) is 22.8. The van der Waals surface area contributed by atoms with Crippen LogP contribution in [0.4, 0.5) is 0 Å². The highest BCUT2D eigenvalue weighted by Gasteiger charge is 2.32. The van der Waals surface area contributed by atoms with Crippen molar-refractivity contribution in [2.75, 3.05) is 19.6 Å². The molecule has 2 rings (SSSR count). The number of rotatable bonds is 9. The van der Waals surface area contributed by atoms with Crippen molar-refractivity contribution in [3.05, 3.63) is 0 Å². The van der Waals surface area contributed by atoms with Gasteiger partial charge in [-0.1, -0.05) is 13.3 Å². The predicted octanol–water partition coefficient (Wildman–Crippen LogP) is 2.92. The van der Waals surface area contributed by atoms with Crippen LogP contribution in [0.1, 0.15) is 58.8 Å². The topological polar surface area (TPSA) is 39.1 Å². The van der Waals surface area contributed by atoms with Gasteiger partial charge in [0.15, 0.2) is 0 Å². The molecule has 2 saturated carbocycles. The molecule has 3 heteroatoms. The van der Waals surface area contributed by atoms with Crippen LogP contribution in [0.3, 0.4) is 0 Å². The Morgan fingerprint density at radius 1 is 1.32 bits per heavy atom. The molecule has 1 atom stereocenters. The molecular weight excluding hydrogens is 234 g/mol. The van der Waals surface area contributed by atoms with Gasteiger partial charge < -0.3 is 4.90 Å². The lowest BCUT2D eigenvalue weighted by Crippen LogP contribution is -2.43. The summed E-state index contributed by atoms with van der Waals surface area (Å²) in [5.74, 6) is 0.951. The van der Waals surface area contributed by atoms with E-state index < -0.39 is 0 Å². The number of nitrogens with one attached hydrogen (secondary N) is 1. The zero-order valence-corrected chi connectivity index (χ0v) is 12.6. The third-order valence-corrected chi connectivity index (χ3v) is 4.69. The lowest BCUT2D eigenvalue weighted by Gasteiger charge is -2.32. The average Bonchev–Trinajstić information content (AvgIpc) is 3.15. The van der Waals surface area contributed by atoms with Crippen LogP contribution in [0, 0.1) is 17.2 Å². The number of nitrogens with zero attached hydrogens (tertiary/aromatic N) is 2. The van der Waals surface area contributed by atoms with E-state index in [1.165, 1.54) is 38.6 Å². The minimum atomic E-state index is -0.308. The van der Waals surface area contributed by atoms with Gasteiger partial charge in [0.2, 0.25) is 0 Å². The zero-order valence-electron chi connectivity index (χ0n) is 12.6. The third kappa shape index (κ3) is 4.78. The van der Waals surface area contributed by atoms with Gasteiger partial charge in [-0.05, 0) is 64.5 Å². The second-order valence-corrected chi connectivity index (χ2v) is 6.66. The van der Waals surface area contributed by atoms with Crippen molar-refractivity contribution >= 4 is 0 Å². The molecule has 3 nitrogen and oxygen atoms in total. The van der Waals surface area contributed by atoms with Crippen molar-refractivity contribution in [3.8, 4) is 6.07 Å². The summed E-state index contributed by atoms with van der Waals surface area (Å²) in [5, 5.41) is 12.8. The molecule has 0 aromatic rings. The largest absolute Gasteiger partial charge is 0.303 e. The molecule has 0 amide bonds. The Morgan fingerprint density at radius 3 is 2.53 bits per heavy atom. The molecule has 0 bridgehead atoms. The predicted molar refractivity (Wildman–Crippen MR) is 78.9 cm³/mol. The lowest BCUT2D eigenvalue weighted by molar-refractivity contribution is 0.178. The third-order valence-electron chi connectivity index (χ3n) is 4.69. The van der Waals surface area contributed by atoms with Gasteiger partial charge in [0, 0.05) is 12.6 Å². The summed E-state index contributed by atoms with van der Waals surface area (Å²) in [7, 11) is 0. The Hall–Kier alpha value is -0.590. The van der Waals surface area contributed by atoms with E-state index >= 15 is 0 Å². The Bertz CT molecular complexity index is 314. The highest BCUT2D eigenvalue weighted by Crippen LogP contribution is 2.27. The fourth-order valence-corrected chi connectivity index (χ4v) is 2.91. The van der Waals surface area contributed by atoms with Gasteiger partial charge in [-0.15, -0.1) is 0 Å². The van der Waals surface area contributed by atoms with E-state index in [1.807, 2.05) is 0 Å². The van der Waals surface area contributed by atoms with E-state index in [-0.39, 0.29) is 5.54 Å². The van der Waals surface area contributed by atoms with E-state index in [0.29, 0.717) is 6.04 Å². The molecule has 0 radical (unpaired) electrons. The van der Waals surface area contributed by atoms with Crippen molar-refractivity contribution in [2.24, 2.45) is 5.92 Å². The van der Waals surface area contributed by atoms with Crippen LogP contribution < -0.4 is 5.32 Å². The Labute approximate surface area is 118 Å². The average molecular weight is 263 g/mol. The summed E-state index contributed by atoms with van der Waals surface area (Å²) in [6.45, 7) is 7.89. The van der Waals surface area contributed by atoms with Crippen molar-refractivity contribution in [1.82, 2.24) is 10.2 Å². The molecule has 108 valence electrons. The molecular formula is C16H29N3. The summed E-state index contributed by atoms with van der Waals surface area (Å²) < 4.78 is 0. The first-order valence-corrected chi connectivity index (χ1v) is 8.06. The first-order valence-electron chi connectivity index (χ1n) is 8.06. The smallest absolute Gasteiger partial charge is 0.104 e. The Kier molecular flexibility index (Phi) is 5.24. The van der Waals surface area contributed by atoms with E-state index in [4.69, 9.17) is 0 Å². The SMILES string of the molecule is CCN(CCCC(C)(C#N)NC1CC1)CC1CCC1. The van der Waals surface area contributed by atoms with Crippen LogP contribution in [0.25, 0.3) is 0 Å². The quantitative estimate of drug-likeness (QED) is 0.695. The molecule has 2 fully saturated rings.